The van der Waals surface area contributed by atoms with E-state index >= 15 is 0 Å². The number of thioether (sulfide) groups is 1. The van der Waals surface area contributed by atoms with Crippen LogP contribution in [0.2, 0.25) is 0 Å². The molecular weight excluding hydrogens is 394 g/mol. The second kappa shape index (κ2) is 9.14. The number of nitrogens with one attached hydrogen (secondary N) is 1. The number of nitrogens with zero attached hydrogens (tertiary/aromatic N) is 4. The standard InChI is InChI=1S/C23H25N5OS/c1-23(2,3)18-11-9-16(10-12-18)21-26-27-22(28(21)4)30-14-13-20(29)25-19-8-6-5-7-17(19)15-24/h5-12H,13-14H2,1-4H3,(H,25,29). The Labute approximate surface area is 181 Å². The van der Waals surface area contributed by atoms with Gasteiger partial charge in [0.1, 0.15) is 6.07 Å². The highest BCUT2D eigenvalue weighted by molar-refractivity contribution is 7.99. The molecule has 7 heteroatoms. The number of nitriles is 1. The first-order valence-electron chi connectivity index (χ1n) is 9.71. The fourth-order valence-electron chi connectivity index (χ4n) is 2.95. The molecule has 1 aromatic heterocycles. The Morgan fingerprint density at radius 1 is 1.13 bits per heavy atom. The maximum Gasteiger partial charge on any atom is 0.225 e. The number of rotatable bonds is 6. The highest BCUT2D eigenvalue weighted by atomic mass is 32.2. The summed E-state index contributed by atoms with van der Waals surface area (Å²) in [7, 11) is 1.93. The van der Waals surface area contributed by atoms with Gasteiger partial charge in [-0.15, -0.1) is 10.2 Å². The third-order valence-electron chi connectivity index (χ3n) is 4.73. The molecule has 3 rings (SSSR count). The van der Waals surface area contributed by atoms with E-state index in [1.54, 1.807) is 24.3 Å². The highest BCUT2D eigenvalue weighted by Gasteiger charge is 2.16. The second-order valence-electron chi connectivity index (χ2n) is 8.00. The minimum Gasteiger partial charge on any atom is -0.325 e. The number of para-hydroxylation sites is 1. The van der Waals surface area contributed by atoms with Crippen molar-refractivity contribution in [3.63, 3.8) is 0 Å². The average molecular weight is 420 g/mol. The Kier molecular flexibility index (Phi) is 6.58. The van der Waals surface area contributed by atoms with Crippen molar-refractivity contribution in [3.8, 4) is 17.5 Å². The lowest BCUT2D eigenvalue weighted by molar-refractivity contribution is -0.115. The normalized spacial score (nSPS) is 11.2. The van der Waals surface area contributed by atoms with Crippen molar-refractivity contribution < 1.29 is 4.79 Å². The van der Waals surface area contributed by atoms with E-state index in [1.807, 2.05) is 11.6 Å². The van der Waals surface area contributed by atoms with E-state index in [0.717, 1.165) is 16.5 Å². The smallest absolute Gasteiger partial charge is 0.225 e. The highest BCUT2D eigenvalue weighted by Crippen LogP contribution is 2.27. The van der Waals surface area contributed by atoms with Crippen LogP contribution in [0.15, 0.2) is 53.7 Å². The molecule has 0 aliphatic carbocycles. The quantitative estimate of drug-likeness (QED) is 0.582. The number of hydrogen-bond donors (Lipinski definition) is 1. The fraction of sp³-hybridized carbons (Fsp3) is 0.304. The van der Waals surface area contributed by atoms with Crippen LogP contribution in [0.1, 0.15) is 38.3 Å². The van der Waals surface area contributed by atoms with Crippen molar-refractivity contribution in [1.29, 1.82) is 5.26 Å². The van der Waals surface area contributed by atoms with Crippen LogP contribution >= 0.6 is 11.8 Å². The van der Waals surface area contributed by atoms with E-state index < -0.39 is 0 Å². The van der Waals surface area contributed by atoms with Gasteiger partial charge in [-0.1, -0.05) is 68.9 Å². The number of carbonyl (C=O) groups is 1. The van der Waals surface area contributed by atoms with Gasteiger partial charge in [0.25, 0.3) is 0 Å². The van der Waals surface area contributed by atoms with Crippen molar-refractivity contribution in [2.24, 2.45) is 7.05 Å². The molecule has 1 amide bonds. The lowest BCUT2D eigenvalue weighted by Crippen LogP contribution is -2.13. The van der Waals surface area contributed by atoms with E-state index in [1.165, 1.54) is 17.3 Å². The monoisotopic (exact) mass is 419 g/mol. The number of hydrogen-bond acceptors (Lipinski definition) is 5. The van der Waals surface area contributed by atoms with Gasteiger partial charge in [-0.25, -0.2) is 0 Å². The molecule has 154 valence electrons. The van der Waals surface area contributed by atoms with Gasteiger partial charge in [0.15, 0.2) is 11.0 Å². The molecule has 0 radical (unpaired) electrons. The molecule has 2 aromatic carbocycles. The fourth-order valence-corrected chi connectivity index (χ4v) is 3.80. The largest absolute Gasteiger partial charge is 0.325 e. The summed E-state index contributed by atoms with van der Waals surface area (Å²) in [4.78, 5) is 12.2. The zero-order chi connectivity index (χ0) is 21.7. The van der Waals surface area contributed by atoms with Gasteiger partial charge >= 0.3 is 0 Å². The number of carbonyl (C=O) groups excluding carboxylic acids is 1. The molecule has 0 spiro atoms. The summed E-state index contributed by atoms with van der Waals surface area (Å²) in [6, 6.07) is 17.4. The molecule has 0 aliphatic heterocycles. The summed E-state index contributed by atoms with van der Waals surface area (Å²) in [5, 5.41) is 21.3. The molecule has 0 aliphatic rings. The second-order valence-corrected chi connectivity index (χ2v) is 9.06. The first kappa shape index (κ1) is 21.6. The van der Waals surface area contributed by atoms with Crippen LogP contribution in [0.4, 0.5) is 5.69 Å². The topological polar surface area (TPSA) is 83.6 Å². The molecule has 1 N–H and O–H groups in total. The predicted octanol–water partition coefficient (Wildman–Crippen LogP) is 4.77. The average Bonchev–Trinajstić information content (AvgIpc) is 3.08. The van der Waals surface area contributed by atoms with Crippen molar-refractivity contribution >= 4 is 23.4 Å². The Balaban J connectivity index is 1.59. The molecule has 0 fully saturated rings. The lowest BCUT2D eigenvalue weighted by Gasteiger charge is -2.19. The van der Waals surface area contributed by atoms with Gasteiger partial charge in [-0.05, 0) is 23.1 Å². The van der Waals surface area contributed by atoms with E-state index in [0.29, 0.717) is 23.4 Å². The number of benzene rings is 2. The van der Waals surface area contributed by atoms with Gasteiger partial charge in [0.05, 0.1) is 11.3 Å². The Bertz CT molecular complexity index is 1070. The zero-order valence-corrected chi connectivity index (χ0v) is 18.5. The summed E-state index contributed by atoms with van der Waals surface area (Å²) in [5.74, 6) is 1.23. The summed E-state index contributed by atoms with van der Waals surface area (Å²) in [6.07, 6.45) is 0.312. The van der Waals surface area contributed by atoms with Crippen LogP contribution in [0.3, 0.4) is 0 Å². The third-order valence-corrected chi connectivity index (χ3v) is 5.75. The Hall–Kier alpha value is -3.11. The maximum atomic E-state index is 12.2. The molecule has 6 nitrogen and oxygen atoms in total. The zero-order valence-electron chi connectivity index (χ0n) is 17.6. The first-order valence-corrected chi connectivity index (χ1v) is 10.7. The van der Waals surface area contributed by atoms with Crippen molar-refractivity contribution in [2.75, 3.05) is 11.1 Å². The predicted molar refractivity (Wildman–Crippen MR) is 120 cm³/mol. The third kappa shape index (κ3) is 5.08. The molecule has 30 heavy (non-hydrogen) atoms. The molecule has 0 saturated carbocycles. The van der Waals surface area contributed by atoms with Crippen LogP contribution in [0.25, 0.3) is 11.4 Å². The van der Waals surface area contributed by atoms with Gasteiger partial charge < -0.3 is 9.88 Å². The van der Waals surface area contributed by atoms with Gasteiger partial charge in [-0.2, -0.15) is 5.26 Å². The van der Waals surface area contributed by atoms with Crippen LogP contribution in [0.5, 0.6) is 0 Å². The van der Waals surface area contributed by atoms with Crippen LogP contribution in [0, 0.1) is 11.3 Å². The Morgan fingerprint density at radius 3 is 2.50 bits per heavy atom. The van der Waals surface area contributed by atoms with Crippen molar-refractivity contribution in [3.05, 3.63) is 59.7 Å². The summed E-state index contributed by atoms with van der Waals surface area (Å²) < 4.78 is 1.94. The van der Waals surface area contributed by atoms with Crippen LogP contribution in [-0.4, -0.2) is 26.4 Å². The molecule has 0 saturated heterocycles. The van der Waals surface area contributed by atoms with Crippen LogP contribution < -0.4 is 5.32 Å². The molecule has 0 atom stereocenters. The number of amides is 1. The summed E-state index contributed by atoms with van der Waals surface area (Å²) in [6.45, 7) is 6.57. The maximum absolute atomic E-state index is 12.2. The van der Waals surface area contributed by atoms with Gasteiger partial charge in [-0.3, -0.25) is 4.79 Å². The minimum absolute atomic E-state index is 0.105. The van der Waals surface area contributed by atoms with Gasteiger partial charge in [0.2, 0.25) is 5.91 Å². The molecule has 0 unspecified atom stereocenters. The molecule has 0 bridgehead atoms. The molecule has 3 aromatic rings. The SMILES string of the molecule is Cn1c(SCCC(=O)Nc2ccccc2C#N)nnc1-c1ccc(C(C)(C)C)cc1. The Morgan fingerprint density at radius 2 is 1.83 bits per heavy atom. The molecular formula is C23H25N5OS. The lowest BCUT2D eigenvalue weighted by atomic mass is 9.87. The summed E-state index contributed by atoms with van der Waals surface area (Å²) >= 11 is 1.48. The van der Waals surface area contributed by atoms with E-state index in [-0.39, 0.29) is 11.3 Å². The van der Waals surface area contributed by atoms with Gasteiger partial charge in [0, 0.05) is 24.8 Å². The number of anilines is 1. The van der Waals surface area contributed by atoms with Crippen LogP contribution in [-0.2, 0) is 17.3 Å². The van der Waals surface area contributed by atoms with Crippen molar-refractivity contribution in [1.82, 2.24) is 14.8 Å². The minimum atomic E-state index is -0.134. The number of aromatic nitrogens is 3. The van der Waals surface area contributed by atoms with E-state index in [9.17, 15) is 4.79 Å². The first-order chi connectivity index (χ1) is 14.3. The molecule has 1 heterocycles. The van der Waals surface area contributed by atoms with E-state index in [2.05, 4.69) is 66.6 Å². The van der Waals surface area contributed by atoms with Crippen molar-refractivity contribution in [2.45, 2.75) is 37.8 Å². The summed E-state index contributed by atoms with van der Waals surface area (Å²) in [5.41, 5.74) is 3.37. The van der Waals surface area contributed by atoms with E-state index in [4.69, 9.17) is 5.26 Å².